The molecule has 0 aliphatic rings. The van der Waals surface area contributed by atoms with Crippen LogP contribution in [0, 0.1) is 6.92 Å². The Morgan fingerprint density at radius 2 is 2.00 bits per heavy atom. The standard InChI is InChI=1S/C12H16N2O5S/c1-7-5-9(3-4-10(7)13)20(18,19)6-11(15)14-8(2)12(16)17/h3-5,8H,6,13H2,1-2H3,(H,14,15)(H,16,17). The summed E-state index contributed by atoms with van der Waals surface area (Å²) >= 11 is 0. The fourth-order valence-electron chi connectivity index (χ4n) is 1.44. The molecule has 0 spiro atoms. The number of carbonyl (C=O) groups is 2. The average molecular weight is 300 g/mol. The number of carbonyl (C=O) groups excluding carboxylic acids is 1. The molecule has 0 saturated carbocycles. The normalized spacial score (nSPS) is 12.7. The third kappa shape index (κ3) is 3.95. The summed E-state index contributed by atoms with van der Waals surface area (Å²) in [6, 6.07) is 2.98. The largest absolute Gasteiger partial charge is 0.480 e. The van der Waals surface area contributed by atoms with Gasteiger partial charge in [0.1, 0.15) is 11.8 Å². The summed E-state index contributed by atoms with van der Waals surface area (Å²) in [6.45, 7) is 2.90. The van der Waals surface area contributed by atoms with Crippen LogP contribution in [0.15, 0.2) is 23.1 Å². The van der Waals surface area contributed by atoms with Crippen LogP contribution >= 0.6 is 0 Å². The molecule has 4 N–H and O–H groups in total. The molecule has 0 bridgehead atoms. The van der Waals surface area contributed by atoms with Crippen LogP contribution in [0.4, 0.5) is 5.69 Å². The Morgan fingerprint density at radius 1 is 1.40 bits per heavy atom. The van der Waals surface area contributed by atoms with Crippen LogP contribution in [0.1, 0.15) is 12.5 Å². The highest BCUT2D eigenvalue weighted by Crippen LogP contribution is 2.17. The number of carboxylic acid groups (broad SMARTS) is 1. The van der Waals surface area contributed by atoms with E-state index in [0.717, 1.165) is 0 Å². The van der Waals surface area contributed by atoms with E-state index in [9.17, 15) is 18.0 Å². The fraction of sp³-hybridized carbons (Fsp3) is 0.333. The molecule has 0 aliphatic heterocycles. The van der Waals surface area contributed by atoms with Gasteiger partial charge in [-0.15, -0.1) is 0 Å². The van der Waals surface area contributed by atoms with E-state index in [2.05, 4.69) is 5.32 Å². The van der Waals surface area contributed by atoms with Crippen molar-refractivity contribution in [1.29, 1.82) is 0 Å². The number of nitrogens with one attached hydrogen (secondary N) is 1. The molecule has 1 amide bonds. The number of hydrogen-bond donors (Lipinski definition) is 3. The number of nitrogens with two attached hydrogens (primary N) is 1. The van der Waals surface area contributed by atoms with Crippen LogP contribution in [-0.2, 0) is 19.4 Å². The van der Waals surface area contributed by atoms with Crippen molar-refractivity contribution in [2.45, 2.75) is 24.8 Å². The van der Waals surface area contributed by atoms with E-state index in [1.165, 1.54) is 25.1 Å². The first-order chi connectivity index (χ1) is 9.13. The van der Waals surface area contributed by atoms with Gasteiger partial charge in [0.15, 0.2) is 9.84 Å². The summed E-state index contributed by atoms with van der Waals surface area (Å²) in [5, 5.41) is 10.7. The lowest BCUT2D eigenvalue weighted by atomic mass is 10.2. The highest BCUT2D eigenvalue weighted by molar-refractivity contribution is 7.92. The Kier molecular flexibility index (Phi) is 4.72. The second-order valence-electron chi connectivity index (χ2n) is 4.40. The molecule has 1 atom stereocenters. The van der Waals surface area contributed by atoms with Crippen LogP contribution in [-0.4, -0.2) is 37.2 Å². The summed E-state index contributed by atoms with van der Waals surface area (Å²) in [7, 11) is -3.83. The lowest BCUT2D eigenvalue weighted by molar-refractivity contribution is -0.140. The first-order valence-electron chi connectivity index (χ1n) is 5.74. The maximum atomic E-state index is 12.0. The van der Waals surface area contributed by atoms with Gasteiger partial charge in [-0.2, -0.15) is 0 Å². The molecule has 0 saturated heterocycles. The number of aliphatic carboxylic acids is 1. The SMILES string of the molecule is Cc1cc(S(=O)(=O)CC(=O)NC(C)C(=O)O)ccc1N. The second-order valence-corrected chi connectivity index (χ2v) is 6.39. The molecule has 8 heteroatoms. The predicted molar refractivity (Wildman–Crippen MR) is 72.9 cm³/mol. The van der Waals surface area contributed by atoms with E-state index in [4.69, 9.17) is 10.8 Å². The maximum Gasteiger partial charge on any atom is 0.325 e. The predicted octanol–water partition coefficient (Wildman–Crippen LogP) is -0.0598. The molecule has 20 heavy (non-hydrogen) atoms. The first kappa shape index (κ1) is 16.0. The Labute approximate surface area is 116 Å². The Bertz CT molecular complexity index is 639. The number of carboxylic acids is 1. The minimum atomic E-state index is -3.83. The number of benzene rings is 1. The third-order valence-corrected chi connectivity index (χ3v) is 4.28. The van der Waals surface area contributed by atoms with Crippen molar-refractivity contribution in [1.82, 2.24) is 5.32 Å². The van der Waals surface area contributed by atoms with E-state index < -0.39 is 33.5 Å². The molecular formula is C12H16N2O5S. The Balaban J connectivity index is 2.87. The van der Waals surface area contributed by atoms with E-state index in [1.807, 2.05) is 0 Å². The van der Waals surface area contributed by atoms with Gasteiger partial charge in [0.05, 0.1) is 4.90 Å². The van der Waals surface area contributed by atoms with Crippen molar-refractivity contribution in [3.05, 3.63) is 23.8 Å². The van der Waals surface area contributed by atoms with Crippen molar-refractivity contribution in [2.24, 2.45) is 0 Å². The number of rotatable bonds is 5. The third-order valence-electron chi connectivity index (χ3n) is 2.67. The summed E-state index contributed by atoms with van der Waals surface area (Å²) in [5.74, 6) is -2.91. The molecule has 0 fully saturated rings. The van der Waals surface area contributed by atoms with Crippen LogP contribution in [0.25, 0.3) is 0 Å². The monoisotopic (exact) mass is 300 g/mol. The zero-order valence-corrected chi connectivity index (χ0v) is 11.9. The summed E-state index contributed by atoms with van der Waals surface area (Å²) in [4.78, 5) is 22.1. The van der Waals surface area contributed by atoms with Gasteiger partial charge in [-0.05, 0) is 37.6 Å². The maximum absolute atomic E-state index is 12.0. The summed E-state index contributed by atoms with van der Waals surface area (Å²) in [6.07, 6.45) is 0. The summed E-state index contributed by atoms with van der Waals surface area (Å²) in [5.41, 5.74) is 6.63. The Hall–Kier alpha value is -2.09. The van der Waals surface area contributed by atoms with Crippen molar-refractivity contribution < 1.29 is 23.1 Å². The lowest BCUT2D eigenvalue weighted by Gasteiger charge is -2.10. The highest BCUT2D eigenvalue weighted by atomic mass is 32.2. The van der Waals surface area contributed by atoms with Gasteiger partial charge in [0.2, 0.25) is 5.91 Å². The van der Waals surface area contributed by atoms with Crippen LogP contribution < -0.4 is 11.1 Å². The van der Waals surface area contributed by atoms with Gasteiger partial charge in [-0.3, -0.25) is 9.59 Å². The van der Waals surface area contributed by atoms with Crippen molar-refractivity contribution in [2.75, 3.05) is 11.5 Å². The van der Waals surface area contributed by atoms with Gasteiger partial charge < -0.3 is 16.2 Å². The van der Waals surface area contributed by atoms with Gasteiger partial charge in [-0.1, -0.05) is 0 Å². The number of hydrogen-bond acceptors (Lipinski definition) is 5. The molecule has 1 aromatic carbocycles. The van der Waals surface area contributed by atoms with Crippen LogP contribution in [0.5, 0.6) is 0 Å². The quantitative estimate of drug-likeness (QED) is 0.654. The zero-order valence-electron chi connectivity index (χ0n) is 11.1. The minimum Gasteiger partial charge on any atom is -0.480 e. The van der Waals surface area contributed by atoms with Crippen molar-refractivity contribution >= 4 is 27.4 Å². The number of amides is 1. The number of nitrogen functional groups attached to an aromatic ring is 1. The first-order valence-corrected chi connectivity index (χ1v) is 7.40. The number of anilines is 1. The fourth-order valence-corrected chi connectivity index (χ4v) is 2.67. The van der Waals surface area contributed by atoms with Gasteiger partial charge >= 0.3 is 5.97 Å². The van der Waals surface area contributed by atoms with E-state index in [-0.39, 0.29) is 4.90 Å². The Morgan fingerprint density at radius 3 is 2.50 bits per heavy atom. The number of sulfone groups is 1. The molecule has 0 aromatic heterocycles. The summed E-state index contributed by atoms with van der Waals surface area (Å²) < 4.78 is 24.0. The lowest BCUT2D eigenvalue weighted by Crippen LogP contribution is -2.41. The van der Waals surface area contributed by atoms with Gasteiger partial charge in [0, 0.05) is 5.69 Å². The van der Waals surface area contributed by atoms with Crippen molar-refractivity contribution in [3.63, 3.8) is 0 Å². The van der Waals surface area contributed by atoms with Crippen LogP contribution in [0.3, 0.4) is 0 Å². The molecule has 0 aliphatic carbocycles. The van der Waals surface area contributed by atoms with E-state index in [1.54, 1.807) is 6.92 Å². The molecule has 1 rings (SSSR count). The molecule has 1 unspecified atom stereocenters. The molecule has 7 nitrogen and oxygen atoms in total. The molecular weight excluding hydrogens is 284 g/mol. The average Bonchev–Trinajstić information content (AvgIpc) is 2.31. The van der Waals surface area contributed by atoms with E-state index >= 15 is 0 Å². The zero-order chi connectivity index (χ0) is 15.5. The number of aryl methyl sites for hydroxylation is 1. The molecule has 1 aromatic rings. The molecule has 0 radical (unpaired) electrons. The van der Waals surface area contributed by atoms with Crippen molar-refractivity contribution in [3.8, 4) is 0 Å². The smallest absolute Gasteiger partial charge is 0.325 e. The van der Waals surface area contributed by atoms with Crippen LogP contribution in [0.2, 0.25) is 0 Å². The molecule has 110 valence electrons. The molecule has 0 heterocycles. The van der Waals surface area contributed by atoms with E-state index in [0.29, 0.717) is 11.3 Å². The van der Waals surface area contributed by atoms with Gasteiger partial charge in [0.25, 0.3) is 0 Å². The topological polar surface area (TPSA) is 127 Å². The minimum absolute atomic E-state index is 0.0256. The van der Waals surface area contributed by atoms with Gasteiger partial charge in [-0.25, -0.2) is 8.42 Å². The highest BCUT2D eigenvalue weighted by Gasteiger charge is 2.22. The second kappa shape index (κ2) is 5.91.